The van der Waals surface area contributed by atoms with E-state index in [9.17, 15) is 5.11 Å². The molecule has 4 nitrogen and oxygen atoms in total. The maximum Gasteiger partial charge on any atom is 0.0791 e. The predicted molar refractivity (Wildman–Crippen MR) is 72.3 cm³/mol. The fraction of sp³-hybridized carbons (Fsp3) is 1.00. The van der Waals surface area contributed by atoms with E-state index in [0.29, 0.717) is 6.04 Å². The van der Waals surface area contributed by atoms with Crippen LogP contribution in [-0.4, -0.2) is 73.9 Å². The second-order valence-corrected chi connectivity index (χ2v) is 5.41. The number of likely N-dealkylation sites (N-methyl/N-ethyl adjacent to an activating group) is 1. The van der Waals surface area contributed by atoms with Gasteiger partial charge in [0.25, 0.3) is 0 Å². The second kappa shape index (κ2) is 8.03. The van der Waals surface area contributed by atoms with E-state index in [2.05, 4.69) is 36.1 Å². The van der Waals surface area contributed by atoms with Gasteiger partial charge in [0, 0.05) is 25.7 Å². The molecule has 0 aliphatic carbocycles. The highest BCUT2D eigenvalue weighted by Crippen LogP contribution is 2.17. The summed E-state index contributed by atoms with van der Waals surface area (Å²) >= 11 is 0. The molecule has 1 rings (SSSR count). The van der Waals surface area contributed by atoms with E-state index in [1.165, 1.54) is 12.8 Å². The highest BCUT2D eigenvalue weighted by atomic mass is 16.3. The number of nitrogens with zero attached hydrogens (tertiary/aromatic N) is 2. The smallest absolute Gasteiger partial charge is 0.0791 e. The Morgan fingerprint density at radius 2 is 2.24 bits per heavy atom. The minimum atomic E-state index is -0.232. The molecule has 0 spiro atoms. The fourth-order valence-electron chi connectivity index (χ4n) is 2.54. The summed E-state index contributed by atoms with van der Waals surface area (Å²) in [6.07, 6.45) is 3.44. The zero-order valence-corrected chi connectivity index (χ0v) is 11.7. The Balaban J connectivity index is 2.23. The fourth-order valence-corrected chi connectivity index (χ4v) is 2.54. The number of aliphatic hydroxyl groups excluding tert-OH is 1. The Hall–Kier alpha value is -0.160. The van der Waals surface area contributed by atoms with Crippen LogP contribution >= 0.6 is 0 Å². The van der Waals surface area contributed by atoms with Gasteiger partial charge in [0.2, 0.25) is 0 Å². The molecule has 1 heterocycles. The summed E-state index contributed by atoms with van der Waals surface area (Å²) in [5.41, 5.74) is 0. The van der Waals surface area contributed by atoms with Crippen LogP contribution in [0.15, 0.2) is 0 Å². The molecule has 1 saturated heterocycles. The van der Waals surface area contributed by atoms with Crippen LogP contribution in [0.5, 0.6) is 0 Å². The molecule has 17 heavy (non-hydrogen) atoms. The molecule has 0 aromatic heterocycles. The summed E-state index contributed by atoms with van der Waals surface area (Å²) in [6.45, 7) is 6.93. The number of β-amino-alcohol motifs (C(OH)–C–C–N with tert-alkyl or cyclic N) is 1. The van der Waals surface area contributed by atoms with Crippen LogP contribution in [-0.2, 0) is 0 Å². The minimum absolute atomic E-state index is 0.232. The van der Waals surface area contributed by atoms with Crippen LogP contribution in [0.1, 0.15) is 26.2 Å². The summed E-state index contributed by atoms with van der Waals surface area (Å²) in [6, 6.07) is 0.630. The topological polar surface area (TPSA) is 38.7 Å². The molecular weight excluding hydrogens is 214 g/mol. The molecule has 0 saturated carbocycles. The highest BCUT2D eigenvalue weighted by Gasteiger charge is 2.26. The summed E-state index contributed by atoms with van der Waals surface area (Å²) in [4.78, 5) is 4.68. The van der Waals surface area contributed by atoms with Crippen molar-refractivity contribution in [1.82, 2.24) is 15.1 Å². The van der Waals surface area contributed by atoms with E-state index in [1.54, 1.807) is 0 Å². The number of aliphatic hydroxyl groups is 1. The maximum absolute atomic E-state index is 9.97. The molecule has 0 aromatic carbocycles. The Bertz CT molecular complexity index is 199. The Kier molecular flexibility index (Phi) is 7.04. The normalized spacial score (nSPS) is 23.5. The van der Waals surface area contributed by atoms with Crippen LogP contribution in [0.2, 0.25) is 0 Å². The van der Waals surface area contributed by atoms with Crippen molar-refractivity contribution in [2.45, 2.75) is 38.3 Å². The van der Waals surface area contributed by atoms with Crippen molar-refractivity contribution in [3.05, 3.63) is 0 Å². The van der Waals surface area contributed by atoms with Crippen molar-refractivity contribution < 1.29 is 5.11 Å². The highest BCUT2D eigenvalue weighted by molar-refractivity contribution is 4.82. The van der Waals surface area contributed by atoms with Gasteiger partial charge in [0.15, 0.2) is 0 Å². The summed E-state index contributed by atoms with van der Waals surface area (Å²) in [5, 5.41) is 13.2. The number of hydrogen-bond donors (Lipinski definition) is 2. The molecule has 0 bridgehead atoms. The van der Waals surface area contributed by atoms with Gasteiger partial charge in [-0.1, -0.05) is 6.92 Å². The first-order chi connectivity index (χ1) is 8.13. The zero-order chi connectivity index (χ0) is 12.7. The lowest BCUT2D eigenvalue weighted by Crippen LogP contribution is -2.44. The van der Waals surface area contributed by atoms with E-state index in [-0.39, 0.29) is 6.10 Å². The quantitative estimate of drug-likeness (QED) is 0.604. The lowest BCUT2D eigenvalue weighted by Gasteiger charge is -2.28. The van der Waals surface area contributed by atoms with E-state index in [0.717, 1.165) is 39.1 Å². The monoisotopic (exact) mass is 243 g/mol. The van der Waals surface area contributed by atoms with Gasteiger partial charge in [0.1, 0.15) is 0 Å². The van der Waals surface area contributed by atoms with E-state index in [1.807, 2.05) is 0 Å². The minimum Gasteiger partial charge on any atom is -0.390 e. The molecule has 2 N–H and O–H groups in total. The standard InChI is InChI=1S/C13H29N3O/c1-4-7-14-9-13(17)11-16-8-5-6-12(16)10-15(2)3/h12-14,17H,4-11H2,1-3H3. The van der Waals surface area contributed by atoms with Gasteiger partial charge in [0.05, 0.1) is 6.10 Å². The SMILES string of the molecule is CCCNCC(O)CN1CCCC1CN(C)C. The Labute approximate surface area is 106 Å². The molecule has 0 amide bonds. The summed E-state index contributed by atoms with van der Waals surface area (Å²) in [5.74, 6) is 0. The molecule has 1 aliphatic heterocycles. The third-order valence-electron chi connectivity index (χ3n) is 3.33. The largest absolute Gasteiger partial charge is 0.390 e. The number of likely N-dealkylation sites (tertiary alicyclic amines) is 1. The molecule has 4 heteroatoms. The van der Waals surface area contributed by atoms with Gasteiger partial charge in [-0.15, -0.1) is 0 Å². The average molecular weight is 243 g/mol. The summed E-state index contributed by atoms with van der Waals surface area (Å²) < 4.78 is 0. The lowest BCUT2D eigenvalue weighted by atomic mass is 10.2. The van der Waals surface area contributed by atoms with Crippen molar-refractivity contribution in [3.63, 3.8) is 0 Å². The van der Waals surface area contributed by atoms with Gasteiger partial charge >= 0.3 is 0 Å². The van der Waals surface area contributed by atoms with Crippen molar-refractivity contribution >= 4 is 0 Å². The molecule has 2 atom stereocenters. The van der Waals surface area contributed by atoms with E-state index in [4.69, 9.17) is 0 Å². The van der Waals surface area contributed by atoms with Gasteiger partial charge in [-0.25, -0.2) is 0 Å². The molecule has 102 valence electrons. The Morgan fingerprint density at radius 1 is 1.47 bits per heavy atom. The summed E-state index contributed by atoms with van der Waals surface area (Å²) in [7, 11) is 4.24. The molecule has 1 fully saturated rings. The number of hydrogen-bond acceptors (Lipinski definition) is 4. The zero-order valence-electron chi connectivity index (χ0n) is 11.7. The first kappa shape index (κ1) is 14.9. The van der Waals surface area contributed by atoms with Gasteiger partial charge in [-0.05, 0) is 46.4 Å². The van der Waals surface area contributed by atoms with Crippen LogP contribution in [0.25, 0.3) is 0 Å². The van der Waals surface area contributed by atoms with E-state index < -0.39 is 0 Å². The van der Waals surface area contributed by atoms with Gasteiger partial charge in [-0.3, -0.25) is 4.90 Å². The maximum atomic E-state index is 9.97. The molecular formula is C13H29N3O. The van der Waals surface area contributed by atoms with Gasteiger partial charge in [-0.2, -0.15) is 0 Å². The molecule has 2 unspecified atom stereocenters. The molecule has 0 radical (unpaired) electrons. The second-order valence-electron chi connectivity index (χ2n) is 5.41. The van der Waals surface area contributed by atoms with Gasteiger partial charge < -0.3 is 15.3 Å². The first-order valence-corrected chi connectivity index (χ1v) is 6.91. The Morgan fingerprint density at radius 3 is 2.88 bits per heavy atom. The van der Waals surface area contributed by atoms with Crippen molar-refractivity contribution in [2.24, 2.45) is 0 Å². The van der Waals surface area contributed by atoms with Crippen molar-refractivity contribution in [1.29, 1.82) is 0 Å². The number of rotatable bonds is 8. The molecule has 1 aliphatic rings. The molecule has 0 aromatic rings. The van der Waals surface area contributed by atoms with Crippen molar-refractivity contribution in [2.75, 3.05) is 46.8 Å². The average Bonchev–Trinajstić information content (AvgIpc) is 2.65. The van der Waals surface area contributed by atoms with Crippen LogP contribution in [0.4, 0.5) is 0 Å². The third-order valence-corrected chi connectivity index (χ3v) is 3.33. The van der Waals surface area contributed by atoms with E-state index >= 15 is 0 Å². The first-order valence-electron chi connectivity index (χ1n) is 6.91. The van der Waals surface area contributed by atoms with Crippen LogP contribution < -0.4 is 5.32 Å². The third kappa shape index (κ3) is 5.82. The van der Waals surface area contributed by atoms with Crippen molar-refractivity contribution in [3.8, 4) is 0 Å². The van der Waals surface area contributed by atoms with Crippen LogP contribution in [0, 0.1) is 0 Å². The lowest BCUT2D eigenvalue weighted by molar-refractivity contribution is 0.0971. The van der Waals surface area contributed by atoms with Crippen LogP contribution in [0.3, 0.4) is 0 Å². The predicted octanol–water partition coefficient (Wildman–Crippen LogP) is 0.373. The number of nitrogens with one attached hydrogen (secondary N) is 1.